The van der Waals surface area contributed by atoms with Crippen molar-refractivity contribution >= 4 is 15.8 Å². The summed E-state index contributed by atoms with van der Waals surface area (Å²) in [7, 11) is -3.57. The van der Waals surface area contributed by atoms with Crippen molar-refractivity contribution in [3.8, 4) is 0 Å². The van der Waals surface area contributed by atoms with Gasteiger partial charge in [0.15, 0.2) is 11.6 Å². The molecule has 28 heavy (non-hydrogen) atoms. The summed E-state index contributed by atoms with van der Waals surface area (Å²) in [5.41, 5.74) is 0.500. The maximum atomic E-state index is 12.8. The number of Topliss-reactive ketones (excluding diaryl/α,β-unsaturated/α-hetero) is 1. The highest BCUT2D eigenvalue weighted by molar-refractivity contribution is 7.89. The van der Waals surface area contributed by atoms with Crippen LogP contribution >= 0.6 is 0 Å². The summed E-state index contributed by atoms with van der Waals surface area (Å²) in [5.74, 6) is 1.64. The Bertz CT molecular complexity index is 914. The Hall–Kier alpha value is -2.10. The first-order valence-corrected chi connectivity index (χ1v) is 10.8. The van der Waals surface area contributed by atoms with Gasteiger partial charge in [-0.1, -0.05) is 31.1 Å². The molecule has 1 saturated heterocycles. The largest absolute Gasteiger partial charge is 0.338 e. The molecule has 1 fully saturated rings. The van der Waals surface area contributed by atoms with Gasteiger partial charge < -0.3 is 4.52 Å². The van der Waals surface area contributed by atoms with E-state index >= 15 is 0 Å². The fourth-order valence-electron chi connectivity index (χ4n) is 3.13. The van der Waals surface area contributed by atoms with Crippen LogP contribution in [0.2, 0.25) is 0 Å². The molecule has 152 valence electrons. The number of carbonyl (C=O) groups is 1. The lowest BCUT2D eigenvalue weighted by Crippen LogP contribution is -2.48. The number of sulfonamides is 1. The van der Waals surface area contributed by atoms with Crippen molar-refractivity contribution in [3.05, 3.63) is 41.5 Å². The molecule has 1 aromatic carbocycles. The molecule has 3 rings (SSSR count). The van der Waals surface area contributed by atoms with Crippen LogP contribution in [0.4, 0.5) is 0 Å². The molecule has 0 aliphatic carbocycles. The fourth-order valence-corrected chi connectivity index (χ4v) is 4.55. The molecule has 0 spiro atoms. The summed E-state index contributed by atoms with van der Waals surface area (Å²) >= 11 is 0. The Morgan fingerprint density at radius 3 is 2.36 bits per heavy atom. The highest BCUT2D eigenvalue weighted by Gasteiger charge is 2.29. The number of ketones is 1. The van der Waals surface area contributed by atoms with Gasteiger partial charge in [-0.25, -0.2) is 8.42 Å². The van der Waals surface area contributed by atoms with Gasteiger partial charge in [-0.2, -0.15) is 9.29 Å². The van der Waals surface area contributed by atoms with E-state index in [0.717, 1.165) is 6.42 Å². The number of rotatable bonds is 7. The van der Waals surface area contributed by atoms with Crippen LogP contribution in [0.25, 0.3) is 0 Å². The topological polar surface area (TPSA) is 96.6 Å². The van der Waals surface area contributed by atoms with Gasteiger partial charge in [0.1, 0.15) is 0 Å². The molecule has 1 aromatic heterocycles. The summed E-state index contributed by atoms with van der Waals surface area (Å²) in [5, 5.41) is 3.99. The van der Waals surface area contributed by atoms with Crippen molar-refractivity contribution in [2.45, 2.75) is 38.6 Å². The van der Waals surface area contributed by atoms with Crippen molar-refractivity contribution in [1.82, 2.24) is 19.3 Å². The van der Waals surface area contributed by atoms with Crippen LogP contribution in [0.1, 0.15) is 42.8 Å². The van der Waals surface area contributed by atoms with E-state index in [1.54, 1.807) is 12.1 Å². The van der Waals surface area contributed by atoms with E-state index in [1.165, 1.54) is 23.4 Å². The molecule has 2 aromatic rings. The van der Waals surface area contributed by atoms with Crippen LogP contribution in [-0.4, -0.2) is 59.7 Å². The molecule has 0 bridgehead atoms. The number of piperazine rings is 1. The molecule has 0 radical (unpaired) electrons. The molecule has 1 aliphatic rings. The molecule has 0 N–H and O–H groups in total. The smallest absolute Gasteiger partial charge is 0.243 e. The Balaban J connectivity index is 1.58. The number of hydrogen-bond donors (Lipinski definition) is 0. The van der Waals surface area contributed by atoms with Crippen molar-refractivity contribution in [1.29, 1.82) is 0 Å². The van der Waals surface area contributed by atoms with Gasteiger partial charge in [0.25, 0.3) is 0 Å². The number of benzene rings is 1. The normalized spacial score (nSPS) is 16.6. The average Bonchev–Trinajstić information content (AvgIpc) is 3.08. The van der Waals surface area contributed by atoms with Gasteiger partial charge in [0, 0.05) is 38.2 Å². The second-order valence-electron chi connectivity index (χ2n) is 7.46. The zero-order valence-corrected chi connectivity index (χ0v) is 17.3. The monoisotopic (exact) mass is 406 g/mol. The third kappa shape index (κ3) is 4.84. The zero-order chi connectivity index (χ0) is 20.3. The maximum Gasteiger partial charge on any atom is 0.243 e. The molecular weight excluding hydrogens is 380 g/mol. The molecule has 1 aliphatic heterocycles. The minimum Gasteiger partial charge on any atom is -0.338 e. The van der Waals surface area contributed by atoms with Crippen LogP contribution in [0, 0.1) is 5.92 Å². The van der Waals surface area contributed by atoms with Gasteiger partial charge in [0.05, 0.1) is 11.4 Å². The van der Waals surface area contributed by atoms with Gasteiger partial charge in [-0.3, -0.25) is 9.69 Å². The Morgan fingerprint density at radius 1 is 1.14 bits per heavy atom. The third-order valence-corrected chi connectivity index (χ3v) is 6.60. The first-order chi connectivity index (χ1) is 13.3. The standard InChI is InChI=1S/C19H26N4O4S/c1-14(2)12-18-20-19(27-21-18)13-22-8-10-23(11-9-22)28(25,26)17-6-4-16(5-7-17)15(3)24/h4-7,14H,8-13H2,1-3H3. The van der Waals surface area contributed by atoms with Crippen LogP contribution in [0.15, 0.2) is 33.7 Å². The van der Waals surface area contributed by atoms with Crippen LogP contribution in [-0.2, 0) is 23.0 Å². The zero-order valence-electron chi connectivity index (χ0n) is 16.5. The molecule has 8 nitrogen and oxygen atoms in total. The highest BCUT2D eigenvalue weighted by Crippen LogP contribution is 2.19. The summed E-state index contributed by atoms with van der Waals surface area (Å²) in [6.45, 7) is 8.14. The number of carbonyl (C=O) groups excluding carboxylic acids is 1. The molecule has 0 amide bonds. The summed E-state index contributed by atoms with van der Waals surface area (Å²) in [6, 6.07) is 6.09. The molecule has 2 heterocycles. The van der Waals surface area contributed by atoms with E-state index in [1.807, 2.05) is 0 Å². The summed E-state index contributed by atoms with van der Waals surface area (Å²) < 4.78 is 32.4. The van der Waals surface area contributed by atoms with Gasteiger partial charge >= 0.3 is 0 Å². The summed E-state index contributed by atoms with van der Waals surface area (Å²) in [4.78, 5) is 18.1. The summed E-state index contributed by atoms with van der Waals surface area (Å²) in [6.07, 6.45) is 0.776. The molecule has 0 unspecified atom stereocenters. The lowest BCUT2D eigenvalue weighted by atomic mass is 10.1. The van der Waals surface area contributed by atoms with Crippen LogP contribution in [0.3, 0.4) is 0 Å². The third-order valence-electron chi connectivity index (χ3n) is 4.69. The predicted octanol–water partition coefficient (Wildman–Crippen LogP) is 1.98. The second-order valence-corrected chi connectivity index (χ2v) is 9.40. The van der Waals surface area contributed by atoms with E-state index in [9.17, 15) is 13.2 Å². The van der Waals surface area contributed by atoms with E-state index in [0.29, 0.717) is 55.9 Å². The molecule has 0 atom stereocenters. The second kappa shape index (κ2) is 8.50. The SMILES string of the molecule is CC(=O)c1ccc(S(=O)(=O)N2CCN(Cc3nc(CC(C)C)no3)CC2)cc1. The van der Waals surface area contributed by atoms with E-state index < -0.39 is 10.0 Å². The number of aromatic nitrogens is 2. The van der Waals surface area contributed by atoms with Gasteiger partial charge in [-0.05, 0) is 25.0 Å². The van der Waals surface area contributed by atoms with Crippen molar-refractivity contribution in [2.75, 3.05) is 26.2 Å². The lowest BCUT2D eigenvalue weighted by Gasteiger charge is -2.33. The van der Waals surface area contributed by atoms with E-state index in [4.69, 9.17) is 4.52 Å². The Kier molecular flexibility index (Phi) is 6.26. The van der Waals surface area contributed by atoms with Gasteiger partial charge in [-0.15, -0.1) is 0 Å². The fraction of sp³-hybridized carbons (Fsp3) is 0.526. The molecular formula is C19H26N4O4S. The van der Waals surface area contributed by atoms with E-state index in [2.05, 4.69) is 28.9 Å². The Labute approximate surface area is 165 Å². The minimum absolute atomic E-state index is 0.0878. The van der Waals surface area contributed by atoms with Crippen molar-refractivity contribution in [2.24, 2.45) is 5.92 Å². The quantitative estimate of drug-likeness (QED) is 0.649. The number of nitrogens with zero attached hydrogens (tertiary/aromatic N) is 4. The highest BCUT2D eigenvalue weighted by atomic mass is 32.2. The van der Waals surface area contributed by atoms with Crippen molar-refractivity contribution < 1.29 is 17.7 Å². The van der Waals surface area contributed by atoms with Gasteiger partial charge in [0.2, 0.25) is 15.9 Å². The maximum absolute atomic E-state index is 12.8. The predicted molar refractivity (Wildman–Crippen MR) is 103 cm³/mol. The minimum atomic E-state index is -3.57. The molecule has 0 saturated carbocycles. The average molecular weight is 407 g/mol. The molecule has 9 heteroatoms. The van der Waals surface area contributed by atoms with E-state index in [-0.39, 0.29) is 10.7 Å². The first kappa shape index (κ1) is 20.6. The lowest BCUT2D eigenvalue weighted by molar-refractivity contribution is 0.101. The van der Waals surface area contributed by atoms with Crippen LogP contribution < -0.4 is 0 Å². The van der Waals surface area contributed by atoms with Crippen LogP contribution in [0.5, 0.6) is 0 Å². The number of hydrogen-bond acceptors (Lipinski definition) is 7. The van der Waals surface area contributed by atoms with Crippen molar-refractivity contribution in [3.63, 3.8) is 0 Å². The Morgan fingerprint density at radius 2 is 1.79 bits per heavy atom. The first-order valence-electron chi connectivity index (χ1n) is 9.40.